The second-order valence-corrected chi connectivity index (χ2v) is 7.68. The summed E-state index contributed by atoms with van der Waals surface area (Å²) in [5.74, 6) is 1.33. The van der Waals surface area contributed by atoms with Gasteiger partial charge in [0.2, 0.25) is 11.8 Å². The van der Waals surface area contributed by atoms with Gasteiger partial charge >= 0.3 is 0 Å². The number of ether oxygens (including phenoxy) is 1. The van der Waals surface area contributed by atoms with Crippen LogP contribution in [0.2, 0.25) is 0 Å². The van der Waals surface area contributed by atoms with E-state index in [2.05, 4.69) is 16.0 Å². The second-order valence-electron chi connectivity index (χ2n) is 7.68. The Kier molecular flexibility index (Phi) is 7.10. The molecule has 1 aromatic carbocycles. The maximum absolute atomic E-state index is 12.6. The van der Waals surface area contributed by atoms with Crippen molar-refractivity contribution in [2.24, 2.45) is 11.8 Å². The molecule has 2 fully saturated rings. The lowest BCUT2D eigenvalue weighted by atomic mass is 9.88. The minimum absolute atomic E-state index is 0.0108. The van der Waals surface area contributed by atoms with Gasteiger partial charge in [0, 0.05) is 18.0 Å². The Bertz CT molecular complexity index is 650. The monoisotopic (exact) mass is 373 g/mol. The quantitative estimate of drug-likeness (QED) is 0.683. The summed E-state index contributed by atoms with van der Waals surface area (Å²) in [6, 6.07) is 5.38. The molecule has 0 radical (unpaired) electrons. The van der Waals surface area contributed by atoms with Crippen LogP contribution in [0.5, 0.6) is 5.75 Å². The van der Waals surface area contributed by atoms with E-state index >= 15 is 0 Å². The first-order chi connectivity index (χ1) is 13.2. The molecular weight excluding hydrogens is 342 g/mol. The van der Waals surface area contributed by atoms with Crippen LogP contribution in [0.25, 0.3) is 0 Å². The number of carbonyl (C=O) groups excluding carboxylic acids is 2. The highest BCUT2D eigenvalue weighted by Crippen LogP contribution is 2.30. The van der Waals surface area contributed by atoms with Crippen LogP contribution in [0.1, 0.15) is 51.4 Å². The number of amides is 2. The molecule has 6 nitrogen and oxygen atoms in total. The molecule has 27 heavy (non-hydrogen) atoms. The maximum atomic E-state index is 12.6. The zero-order chi connectivity index (χ0) is 19.1. The van der Waals surface area contributed by atoms with E-state index in [0.29, 0.717) is 29.5 Å². The summed E-state index contributed by atoms with van der Waals surface area (Å²) in [6.45, 7) is 2.06. The lowest BCUT2D eigenvalue weighted by molar-refractivity contribution is -0.120. The first-order valence-corrected chi connectivity index (χ1v) is 10.1. The maximum Gasteiger partial charge on any atom is 0.227 e. The number of hydrogen-bond acceptors (Lipinski definition) is 4. The van der Waals surface area contributed by atoms with Gasteiger partial charge in [0.25, 0.3) is 0 Å². The molecule has 1 aromatic rings. The standard InChI is InChI=1S/C21H31N3O3/c1-27-19-9-8-17(23-20(25)10-7-15-11-12-22-14-15)13-18(19)24-21(26)16-5-3-2-4-6-16/h8-9,13,15-16,22H,2-7,10-12,14H2,1H3,(H,23,25)(H,24,26). The lowest BCUT2D eigenvalue weighted by Gasteiger charge is -2.21. The highest BCUT2D eigenvalue weighted by molar-refractivity contribution is 5.96. The van der Waals surface area contributed by atoms with Crippen LogP contribution in [0.3, 0.4) is 0 Å². The second kappa shape index (κ2) is 9.74. The van der Waals surface area contributed by atoms with Crippen LogP contribution in [0, 0.1) is 11.8 Å². The Morgan fingerprint density at radius 2 is 1.96 bits per heavy atom. The molecule has 148 valence electrons. The van der Waals surface area contributed by atoms with Gasteiger partial charge in [-0.15, -0.1) is 0 Å². The van der Waals surface area contributed by atoms with Crippen molar-refractivity contribution in [3.8, 4) is 5.75 Å². The van der Waals surface area contributed by atoms with Crippen LogP contribution in [-0.2, 0) is 9.59 Å². The fourth-order valence-electron chi connectivity index (χ4n) is 4.00. The molecule has 3 N–H and O–H groups in total. The van der Waals surface area contributed by atoms with E-state index in [1.165, 1.54) is 6.42 Å². The van der Waals surface area contributed by atoms with Crippen molar-refractivity contribution in [3.63, 3.8) is 0 Å². The minimum Gasteiger partial charge on any atom is -0.495 e. The number of anilines is 2. The van der Waals surface area contributed by atoms with Gasteiger partial charge in [0.1, 0.15) is 5.75 Å². The zero-order valence-corrected chi connectivity index (χ0v) is 16.2. The number of rotatable bonds is 7. The van der Waals surface area contributed by atoms with Gasteiger partial charge in [-0.1, -0.05) is 19.3 Å². The first-order valence-electron chi connectivity index (χ1n) is 10.1. The van der Waals surface area contributed by atoms with Gasteiger partial charge < -0.3 is 20.7 Å². The fraction of sp³-hybridized carbons (Fsp3) is 0.619. The average Bonchev–Trinajstić information content (AvgIpc) is 3.21. The summed E-state index contributed by atoms with van der Waals surface area (Å²) in [7, 11) is 1.58. The van der Waals surface area contributed by atoms with Gasteiger partial charge in [0.05, 0.1) is 12.8 Å². The molecule has 1 atom stereocenters. The van der Waals surface area contributed by atoms with Crippen LogP contribution in [0.15, 0.2) is 18.2 Å². The predicted octanol–water partition coefficient (Wildman–Crippen LogP) is 3.54. The molecule has 1 aliphatic heterocycles. The van der Waals surface area contributed by atoms with E-state index in [9.17, 15) is 9.59 Å². The molecule has 1 heterocycles. The molecule has 1 unspecified atom stereocenters. The first kappa shape index (κ1) is 19.7. The molecule has 2 aliphatic rings. The van der Waals surface area contributed by atoms with Crippen LogP contribution >= 0.6 is 0 Å². The highest BCUT2D eigenvalue weighted by Gasteiger charge is 2.22. The molecule has 1 saturated carbocycles. The van der Waals surface area contributed by atoms with Gasteiger partial charge in [-0.3, -0.25) is 9.59 Å². The van der Waals surface area contributed by atoms with Crippen LogP contribution in [-0.4, -0.2) is 32.0 Å². The Morgan fingerprint density at radius 3 is 2.67 bits per heavy atom. The fourth-order valence-corrected chi connectivity index (χ4v) is 4.00. The van der Waals surface area contributed by atoms with E-state index in [-0.39, 0.29) is 17.7 Å². The number of nitrogens with one attached hydrogen (secondary N) is 3. The lowest BCUT2D eigenvalue weighted by Crippen LogP contribution is -2.25. The molecule has 1 aliphatic carbocycles. The molecule has 3 rings (SSSR count). The topological polar surface area (TPSA) is 79.5 Å². The van der Waals surface area contributed by atoms with Gasteiger partial charge in [-0.2, -0.15) is 0 Å². The number of hydrogen-bond donors (Lipinski definition) is 3. The Labute approximate surface area is 161 Å². The van der Waals surface area contributed by atoms with Crippen molar-refractivity contribution in [2.45, 2.75) is 51.4 Å². The van der Waals surface area contributed by atoms with Crippen molar-refractivity contribution in [3.05, 3.63) is 18.2 Å². The minimum atomic E-state index is 0.0108. The van der Waals surface area contributed by atoms with E-state index in [4.69, 9.17) is 4.74 Å². The SMILES string of the molecule is COc1ccc(NC(=O)CCC2CCNC2)cc1NC(=O)C1CCCCC1. The summed E-state index contributed by atoms with van der Waals surface area (Å²) in [4.78, 5) is 24.8. The van der Waals surface area contributed by atoms with Crippen molar-refractivity contribution < 1.29 is 14.3 Å². The van der Waals surface area contributed by atoms with E-state index in [1.54, 1.807) is 19.2 Å². The molecule has 6 heteroatoms. The molecule has 0 aromatic heterocycles. The Morgan fingerprint density at radius 1 is 1.15 bits per heavy atom. The number of methoxy groups -OCH3 is 1. The van der Waals surface area contributed by atoms with E-state index in [0.717, 1.165) is 51.6 Å². The number of carbonyl (C=O) groups is 2. The zero-order valence-electron chi connectivity index (χ0n) is 16.2. The third-order valence-electron chi connectivity index (χ3n) is 5.66. The molecule has 0 spiro atoms. The van der Waals surface area contributed by atoms with Crippen molar-refractivity contribution in [1.82, 2.24) is 5.32 Å². The van der Waals surface area contributed by atoms with Gasteiger partial charge in [0.15, 0.2) is 0 Å². The third-order valence-corrected chi connectivity index (χ3v) is 5.66. The van der Waals surface area contributed by atoms with Crippen molar-refractivity contribution in [1.29, 1.82) is 0 Å². The molecule has 2 amide bonds. The Balaban J connectivity index is 1.58. The summed E-state index contributed by atoms with van der Waals surface area (Å²) in [5, 5.41) is 9.27. The summed E-state index contributed by atoms with van der Waals surface area (Å²) < 4.78 is 5.37. The van der Waals surface area contributed by atoms with E-state index < -0.39 is 0 Å². The highest BCUT2D eigenvalue weighted by atomic mass is 16.5. The normalized spacial score (nSPS) is 20.3. The molecular formula is C21H31N3O3. The van der Waals surface area contributed by atoms with Crippen molar-refractivity contribution in [2.75, 3.05) is 30.8 Å². The van der Waals surface area contributed by atoms with Crippen LogP contribution in [0.4, 0.5) is 11.4 Å². The summed E-state index contributed by atoms with van der Waals surface area (Å²) in [5.41, 5.74) is 1.30. The van der Waals surface area contributed by atoms with Gasteiger partial charge in [-0.05, 0) is 62.9 Å². The van der Waals surface area contributed by atoms with Crippen LogP contribution < -0.4 is 20.7 Å². The van der Waals surface area contributed by atoms with E-state index in [1.807, 2.05) is 6.07 Å². The largest absolute Gasteiger partial charge is 0.495 e. The number of benzene rings is 1. The predicted molar refractivity (Wildman–Crippen MR) is 107 cm³/mol. The summed E-state index contributed by atoms with van der Waals surface area (Å²) >= 11 is 0. The third kappa shape index (κ3) is 5.70. The molecule has 0 bridgehead atoms. The average molecular weight is 373 g/mol. The van der Waals surface area contributed by atoms with Crippen molar-refractivity contribution >= 4 is 23.2 Å². The Hall–Kier alpha value is -2.08. The smallest absolute Gasteiger partial charge is 0.227 e. The summed E-state index contributed by atoms with van der Waals surface area (Å²) in [6.07, 6.45) is 7.89. The molecule has 1 saturated heterocycles. The van der Waals surface area contributed by atoms with Gasteiger partial charge in [-0.25, -0.2) is 0 Å².